The number of anilines is 1. The summed E-state index contributed by atoms with van der Waals surface area (Å²) in [5, 5.41) is 21.8. The summed E-state index contributed by atoms with van der Waals surface area (Å²) in [6.07, 6.45) is 2.97. The maximum absolute atomic E-state index is 13.0. The van der Waals surface area contributed by atoms with Crippen molar-refractivity contribution in [3.05, 3.63) is 34.5 Å². The number of fused-ring (bicyclic) bond motifs is 1. The Hall–Kier alpha value is -3.60. The number of carbonyl (C=O) groups is 3. The lowest BCUT2D eigenvalue weighted by molar-refractivity contribution is -0.119. The number of aromatic nitrogens is 2. The van der Waals surface area contributed by atoms with Gasteiger partial charge in [0.25, 0.3) is 0 Å². The number of rotatable bonds is 8. The predicted octanol–water partition coefficient (Wildman–Crippen LogP) is 2.52. The molecule has 0 bridgehead atoms. The number of hydrogen-bond acceptors (Lipinski definition) is 8. The first kappa shape index (κ1) is 24.5. The lowest BCUT2D eigenvalue weighted by Crippen LogP contribution is -2.40. The summed E-state index contributed by atoms with van der Waals surface area (Å²) < 4.78 is 10.8. The molecule has 2 aliphatic carbocycles. The molecule has 0 aliphatic heterocycles. The number of hydrogen-bond donors (Lipinski definition) is 4. The standard InChI is InChI=1S/C24H31N5O6/c1-4-29(2)28-24(33)35-15-6-5-13(7-15)19-10-22(27-26-19)25-23(32)14-8-16-17(9-14)21(34-3)11-20(31)18(16)12-30/h10-15,31H,4-9H2,1-3H3,(H,28,33)(H2,25,26,27,32)/t13?,14?,15-/m1/s1. The molecule has 2 unspecified atom stereocenters. The van der Waals surface area contributed by atoms with Gasteiger partial charge < -0.3 is 19.9 Å². The van der Waals surface area contributed by atoms with Crippen molar-refractivity contribution in [2.24, 2.45) is 5.92 Å². The van der Waals surface area contributed by atoms with Gasteiger partial charge in [0.2, 0.25) is 5.91 Å². The summed E-state index contributed by atoms with van der Waals surface area (Å²) in [5.41, 5.74) is 5.14. The highest BCUT2D eigenvalue weighted by Crippen LogP contribution is 2.40. The van der Waals surface area contributed by atoms with Crippen LogP contribution in [-0.2, 0) is 22.4 Å². The molecule has 188 valence electrons. The largest absolute Gasteiger partial charge is 0.507 e. The highest BCUT2D eigenvalue weighted by atomic mass is 16.6. The predicted molar refractivity (Wildman–Crippen MR) is 126 cm³/mol. The van der Waals surface area contributed by atoms with Gasteiger partial charge in [-0.3, -0.25) is 20.1 Å². The number of aldehydes is 1. The first-order chi connectivity index (χ1) is 16.8. The van der Waals surface area contributed by atoms with E-state index in [2.05, 4.69) is 20.9 Å². The highest BCUT2D eigenvalue weighted by Gasteiger charge is 2.34. The molecule has 2 aliphatic rings. The van der Waals surface area contributed by atoms with E-state index < -0.39 is 12.0 Å². The number of carbonyl (C=O) groups excluding carboxylic acids is 3. The average molecular weight is 486 g/mol. The molecule has 1 aromatic carbocycles. The Morgan fingerprint density at radius 1 is 1.29 bits per heavy atom. The van der Waals surface area contributed by atoms with Gasteiger partial charge in [-0.05, 0) is 43.2 Å². The van der Waals surface area contributed by atoms with Crippen molar-refractivity contribution in [2.45, 2.75) is 51.0 Å². The Balaban J connectivity index is 1.34. The fraction of sp³-hybridized carbons (Fsp3) is 0.500. The highest BCUT2D eigenvalue weighted by molar-refractivity contribution is 5.94. The van der Waals surface area contributed by atoms with Crippen LogP contribution >= 0.6 is 0 Å². The number of benzene rings is 1. The molecule has 2 aromatic rings. The minimum atomic E-state index is -0.460. The van der Waals surface area contributed by atoms with Gasteiger partial charge in [-0.2, -0.15) is 5.10 Å². The molecule has 11 nitrogen and oxygen atoms in total. The number of ether oxygens (including phenoxy) is 2. The molecule has 4 rings (SSSR count). The van der Waals surface area contributed by atoms with Crippen LogP contribution in [0.15, 0.2) is 12.1 Å². The minimum absolute atomic E-state index is 0.146. The van der Waals surface area contributed by atoms with Crippen LogP contribution < -0.4 is 15.5 Å². The smallest absolute Gasteiger partial charge is 0.422 e. The van der Waals surface area contributed by atoms with Crippen LogP contribution in [0.1, 0.15) is 59.3 Å². The molecule has 11 heteroatoms. The number of nitrogens with zero attached hydrogens (tertiary/aromatic N) is 2. The molecule has 1 fully saturated rings. The van der Waals surface area contributed by atoms with Gasteiger partial charge in [0.15, 0.2) is 12.1 Å². The fourth-order valence-electron chi connectivity index (χ4n) is 4.86. The van der Waals surface area contributed by atoms with Crippen LogP contribution in [0.3, 0.4) is 0 Å². The summed E-state index contributed by atoms with van der Waals surface area (Å²) >= 11 is 0. The second kappa shape index (κ2) is 10.3. The molecule has 35 heavy (non-hydrogen) atoms. The van der Waals surface area contributed by atoms with Crippen LogP contribution in [0.25, 0.3) is 0 Å². The molecule has 1 saturated carbocycles. The third-order valence-electron chi connectivity index (χ3n) is 6.84. The number of aromatic amines is 1. The maximum atomic E-state index is 13.0. The van der Waals surface area contributed by atoms with Crippen molar-refractivity contribution in [2.75, 3.05) is 26.0 Å². The minimum Gasteiger partial charge on any atom is -0.507 e. The van der Waals surface area contributed by atoms with Crippen molar-refractivity contribution in [1.29, 1.82) is 0 Å². The first-order valence-electron chi connectivity index (χ1n) is 11.7. The number of aromatic hydroxyl groups is 1. The Labute approximate surface area is 203 Å². The van der Waals surface area contributed by atoms with Gasteiger partial charge in [-0.1, -0.05) is 6.92 Å². The van der Waals surface area contributed by atoms with Crippen molar-refractivity contribution >= 4 is 24.1 Å². The fourth-order valence-corrected chi connectivity index (χ4v) is 4.86. The van der Waals surface area contributed by atoms with Crippen LogP contribution in [-0.4, -0.2) is 65.4 Å². The molecular weight excluding hydrogens is 454 g/mol. The maximum Gasteiger partial charge on any atom is 0.422 e. The van der Waals surface area contributed by atoms with Crippen molar-refractivity contribution in [1.82, 2.24) is 20.6 Å². The Kier molecular flexibility index (Phi) is 7.25. The Morgan fingerprint density at radius 3 is 2.77 bits per heavy atom. The van der Waals surface area contributed by atoms with E-state index in [1.165, 1.54) is 13.2 Å². The number of phenols is 1. The SMILES string of the molecule is CCN(C)NC(=O)O[C@@H]1CCC(c2cc(NC(=O)C3Cc4c(OC)cc(O)c(C=O)c4C3)n[nH]2)C1. The normalized spacial score (nSPS) is 21.0. The van der Waals surface area contributed by atoms with E-state index in [0.717, 1.165) is 24.1 Å². The third-order valence-corrected chi connectivity index (χ3v) is 6.84. The van der Waals surface area contributed by atoms with Gasteiger partial charge in [0.05, 0.1) is 12.7 Å². The van der Waals surface area contributed by atoms with Gasteiger partial charge in [0.1, 0.15) is 17.6 Å². The molecule has 0 saturated heterocycles. The molecule has 1 heterocycles. The summed E-state index contributed by atoms with van der Waals surface area (Å²) in [7, 11) is 3.26. The van der Waals surface area contributed by atoms with E-state index in [-0.39, 0.29) is 29.2 Å². The zero-order valence-electron chi connectivity index (χ0n) is 20.1. The first-order valence-corrected chi connectivity index (χ1v) is 11.7. The summed E-state index contributed by atoms with van der Waals surface area (Å²) in [6, 6.07) is 3.22. The molecule has 4 N–H and O–H groups in total. The second-order valence-electron chi connectivity index (χ2n) is 9.05. The van der Waals surface area contributed by atoms with Gasteiger partial charge in [0, 0.05) is 43.3 Å². The lowest BCUT2D eigenvalue weighted by Gasteiger charge is -2.18. The van der Waals surface area contributed by atoms with Crippen molar-refractivity contribution in [3.63, 3.8) is 0 Å². The number of H-pyrrole nitrogens is 1. The Morgan fingerprint density at radius 2 is 2.06 bits per heavy atom. The summed E-state index contributed by atoms with van der Waals surface area (Å²) in [5.74, 6) is 0.243. The molecule has 0 spiro atoms. The zero-order valence-corrected chi connectivity index (χ0v) is 20.1. The van der Waals surface area contributed by atoms with E-state index in [9.17, 15) is 19.5 Å². The van der Waals surface area contributed by atoms with Gasteiger partial charge in [-0.15, -0.1) is 0 Å². The molecule has 2 amide bonds. The lowest BCUT2D eigenvalue weighted by atomic mass is 10.0. The topological polar surface area (TPSA) is 146 Å². The molecule has 0 radical (unpaired) electrons. The van der Waals surface area contributed by atoms with Crippen molar-refractivity contribution < 1.29 is 29.0 Å². The third kappa shape index (κ3) is 5.24. The van der Waals surface area contributed by atoms with Crippen LogP contribution in [0, 0.1) is 5.92 Å². The van der Waals surface area contributed by atoms with E-state index in [1.807, 2.05) is 6.92 Å². The zero-order chi connectivity index (χ0) is 25.1. The number of amides is 2. The monoisotopic (exact) mass is 485 g/mol. The number of nitrogens with one attached hydrogen (secondary N) is 3. The van der Waals surface area contributed by atoms with E-state index >= 15 is 0 Å². The average Bonchev–Trinajstić information content (AvgIpc) is 3.58. The van der Waals surface area contributed by atoms with Crippen molar-refractivity contribution in [3.8, 4) is 11.5 Å². The second-order valence-corrected chi connectivity index (χ2v) is 9.05. The Bertz CT molecular complexity index is 1120. The molecule has 1 aromatic heterocycles. The van der Waals surface area contributed by atoms with E-state index in [4.69, 9.17) is 9.47 Å². The number of phenolic OH excluding ortho intramolecular Hbond substituents is 1. The number of methoxy groups -OCH3 is 1. The molecular formula is C24H31N5O6. The molecule has 3 atom stereocenters. The van der Waals surface area contributed by atoms with Crippen LogP contribution in [0.2, 0.25) is 0 Å². The van der Waals surface area contributed by atoms with Crippen LogP contribution in [0.5, 0.6) is 11.5 Å². The van der Waals surface area contributed by atoms with E-state index in [0.29, 0.717) is 49.2 Å². The number of hydrazine groups is 1. The summed E-state index contributed by atoms with van der Waals surface area (Å²) in [6.45, 7) is 2.60. The van der Waals surface area contributed by atoms with Crippen LogP contribution in [0.4, 0.5) is 10.6 Å². The van der Waals surface area contributed by atoms with Gasteiger partial charge >= 0.3 is 6.09 Å². The quantitative estimate of drug-likeness (QED) is 0.330. The summed E-state index contributed by atoms with van der Waals surface area (Å²) in [4.78, 5) is 36.4. The van der Waals surface area contributed by atoms with E-state index in [1.54, 1.807) is 18.1 Å². The van der Waals surface area contributed by atoms with Gasteiger partial charge in [-0.25, -0.2) is 9.80 Å².